The van der Waals surface area contributed by atoms with Crippen LogP contribution in [0.2, 0.25) is 0 Å². The highest BCUT2D eigenvalue weighted by Crippen LogP contribution is 2.64. The Morgan fingerprint density at radius 1 is 0.745 bits per heavy atom. The molecular weight excluding hydrogens is 1200 g/mol. The van der Waals surface area contributed by atoms with Crippen molar-refractivity contribution in [3.8, 4) is 17.2 Å². The van der Waals surface area contributed by atoms with E-state index in [0.29, 0.717) is 25.1 Å². The van der Waals surface area contributed by atoms with Gasteiger partial charge in [0.2, 0.25) is 12.7 Å². The van der Waals surface area contributed by atoms with Crippen LogP contribution >= 0.6 is 0 Å². The number of para-hydroxylation sites is 1. The van der Waals surface area contributed by atoms with Crippen molar-refractivity contribution >= 4 is 41.5 Å². The van der Waals surface area contributed by atoms with E-state index >= 15 is 4.79 Å². The molecule has 2 amide bonds. The van der Waals surface area contributed by atoms with Gasteiger partial charge in [-0.1, -0.05) is 142 Å². The normalized spacial score (nSPS) is 25.4. The number of ether oxygens (including phenoxy) is 8. The van der Waals surface area contributed by atoms with Crippen LogP contribution in [0.15, 0.2) is 175 Å². The molecule has 6 aromatic rings. The van der Waals surface area contributed by atoms with E-state index in [1.165, 1.54) is 26.0 Å². The number of carbonyl (C=O) groups excluding carboxylic acids is 7. The van der Waals surface area contributed by atoms with Crippen molar-refractivity contribution in [3.05, 3.63) is 208 Å². The molecular formula is C74H80N2O18. The molecule has 3 fully saturated rings. The van der Waals surface area contributed by atoms with Crippen LogP contribution in [0.25, 0.3) is 0 Å². The van der Waals surface area contributed by atoms with Gasteiger partial charge >= 0.3 is 23.9 Å². The average molecular weight is 1290 g/mol. The number of methoxy groups -OCH3 is 1. The predicted octanol–water partition coefficient (Wildman–Crippen LogP) is 9.12. The number of nitrogens with zero attached hydrogens (tertiary/aromatic N) is 1. The van der Waals surface area contributed by atoms with Crippen LogP contribution in [0.3, 0.4) is 0 Å². The van der Waals surface area contributed by atoms with Crippen LogP contribution in [0.5, 0.6) is 17.2 Å². The number of hydrogen-bond donors (Lipinski definition) is 4. The Balaban J connectivity index is 0.000000252. The summed E-state index contributed by atoms with van der Waals surface area (Å²) < 4.78 is 47.1. The summed E-state index contributed by atoms with van der Waals surface area (Å²) in [6.45, 7) is 11.4. The number of rotatable bonds is 19. The van der Waals surface area contributed by atoms with E-state index in [4.69, 9.17) is 37.9 Å². The summed E-state index contributed by atoms with van der Waals surface area (Å²) in [5, 5.41) is 40.2. The standard InChI is InChI=1S/C47H51NO14.C27H29NO4/c1-25-31(60-43(56)36(52)35(28-16-10-7-11-17-28)48-41(54)29-18-12-8-13-19-29)23-47(57)40(61-42(55)30-20-14-9-15-21-30)38-45(6,32(51)22-33-46(38,24-58-33)62-27(3)50)39(53)37(59-26(2)49)34(25)44(47,4)5;1-3-27(29)28(18-20-9-5-4-6-10-20)16-15-22(23-11-7-8-12-24(23)30-2)21-13-14-25-26(17-21)32-19-31-25/h7-21,31-33,35-38,40,51-52,57H,22-24H2,1-6H3,(H,48,54);4-14,17,22H,3,15-16,18-19H2,1-2H3/t31-,32-,33+,35-,36+,37+,38-,40-,45+,46-,47+;/m0./s1. The first kappa shape index (κ1) is 67.7. The van der Waals surface area contributed by atoms with Gasteiger partial charge in [-0.2, -0.15) is 0 Å². The molecule has 0 radical (unpaired) electrons. The van der Waals surface area contributed by atoms with Gasteiger partial charge in [0.05, 0.1) is 42.8 Å². The van der Waals surface area contributed by atoms with Crippen molar-refractivity contribution in [1.82, 2.24) is 10.2 Å². The monoisotopic (exact) mass is 1280 g/mol. The fraction of sp³-hybridized carbons (Fsp3) is 0.392. The third-order valence-electron chi connectivity index (χ3n) is 19.4. The Bertz CT molecular complexity index is 3790. The Morgan fingerprint density at radius 3 is 1.98 bits per heavy atom. The molecule has 0 aromatic heterocycles. The molecule has 20 heteroatoms. The Hall–Kier alpha value is -9.21. The Labute approximate surface area is 546 Å². The van der Waals surface area contributed by atoms with Gasteiger partial charge in [-0.25, -0.2) is 9.59 Å². The summed E-state index contributed by atoms with van der Waals surface area (Å²) in [5.41, 5.74) is -3.68. The fourth-order valence-electron chi connectivity index (χ4n) is 14.4. The van der Waals surface area contributed by atoms with Gasteiger partial charge in [-0.05, 0) is 90.6 Å². The van der Waals surface area contributed by atoms with Crippen LogP contribution < -0.4 is 19.5 Å². The highest BCUT2D eigenvalue weighted by atomic mass is 16.7. The highest BCUT2D eigenvalue weighted by molar-refractivity contribution is 5.96. The van der Waals surface area contributed by atoms with E-state index in [1.54, 1.807) is 99.8 Å². The lowest BCUT2D eigenvalue weighted by Gasteiger charge is -2.67. The lowest BCUT2D eigenvalue weighted by molar-refractivity contribution is -0.346. The SMILES string of the molecule is CC(=O)O[C@H]1C(=O)[C@@]2(C)[C@H]([C@H](OC(=O)c3ccccc3)[C@]3(O)C[C@H](OC(=O)[C@H](O)[C@@H](NC(=O)c4ccccc4)c4ccccc4)C(C)=C1C3(C)C)[C@]1(OC(C)=O)CO[C@@H]1C[C@@H]2O.CCC(=O)N(CCC(c1ccc2c(c1)OCO2)c1ccccc1OC)Cc1ccccc1. The molecule has 2 aliphatic heterocycles. The number of carbonyl (C=O) groups is 7. The summed E-state index contributed by atoms with van der Waals surface area (Å²) in [6, 6.07) is 47.2. The number of aliphatic hydroxyl groups excluding tert-OH is 2. The maximum Gasteiger partial charge on any atom is 0.338 e. The van der Waals surface area contributed by atoms with Gasteiger partial charge in [0.25, 0.3) is 5.91 Å². The van der Waals surface area contributed by atoms with E-state index in [1.807, 2.05) is 60.4 Å². The number of benzene rings is 6. The van der Waals surface area contributed by atoms with Gasteiger partial charge in [0.15, 0.2) is 35.1 Å². The van der Waals surface area contributed by atoms with Crippen LogP contribution in [-0.2, 0) is 54.2 Å². The number of nitrogens with one attached hydrogen (secondary N) is 1. The predicted molar refractivity (Wildman–Crippen MR) is 342 cm³/mol. The summed E-state index contributed by atoms with van der Waals surface area (Å²) in [7, 11) is 1.69. The van der Waals surface area contributed by atoms with Crippen molar-refractivity contribution in [2.24, 2.45) is 16.7 Å². The number of Topliss-reactive ketones (excluding diaryl/α,β-unsaturated/α-hetero) is 1. The minimum absolute atomic E-state index is 0.00289. The molecule has 4 N–H and O–H groups in total. The maximum absolute atomic E-state index is 15.5. The van der Waals surface area contributed by atoms with Gasteiger partial charge in [-0.15, -0.1) is 0 Å². The van der Waals surface area contributed by atoms with E-state index in [9.17, 15) is 44.1 Å². The quantitative estimate of drug-likeness (QED) is 0.0334. The van der Waals surface area contributed by atoms with E-state index in [0.717, 1.165) is 54.2 Å². The molecule has 1 unspecified atom stereocenters. The second-order valence-corrected chi connectivity index (χ2v) is 25.2. The molecule has 6 aromatic carbocycles. The second kappa shape index (κ2) is 28.2. The molecule has 20 nitrogen and oxygen atoms in total. The van der Waals surface area contributed by atoms with Crippen molar-refractivity contribution in [1.29, 1.82) is 0 Å². The Kier molecular flexibility index (Phi) is 20.3. The maximum atomic E-state index is 15.5. The molecule has 12 atom stereocenters. The van der Waals surface area contributed by atoms with Crippen molar-refractivity contribution in [2.45, 2.75) is 140 Å². The zero-order chi connectivity index (χ0) is 67.3. The summed E-state index contributed by atoms with van der Waals surface area (Å²) >= 11 is 0. The van der Waals surface area contributed by atoms with E-state index < -0.39 is 113 Å². The molecule has 2 bridgehead atoms. The summed E-state index contributed by atoms with van der Waals surface area (Å²) in [6.07, 6.45) is -9.27. The topological polar surface area (TPSA) is 269 Å². The lowest BCUT2D eigenvalue weighted by atomic mass is 9.44. The summed E-state index contributed by atoms with van der Waals surface area (Å²) in [5.74, 6) is -4.28. The van der Waals surface area contributed by atoms with Crippen LogP contribution in [0.1, 0.15) is 129 Å². The molecule has 2 saturated carbocycles. The smallest absolute Gasteiger partial charge is 0.338 e. The highest BCUT2D eigenvalue weighted by Gasteiger charge is 2.78. The second-order valence-electron chi connectivity index (χ2n) is 25.2. The molecule has 494 valence electrons. The largest absolute Gasteiger partial charge is 0.496 e. The zero-order valence-electron chi connectivity index (χ0n) is 53.9. The van der Waals surface area contributed by atoms with E-state index in [-0.39, 0.29) is 53.9 Å². The Morgan fingerprint density at radius 2 is 1.36 bits per heavy atom. The van der Waals surface area contributed by atoms with Gasteiger partial charge in [0.1, 0.15) is 29.7 Å². The number of hydrogen-bond acceptors (Lipinski definition) is 18. The zero-order valence-corrected chi connectivity index (χ0v) is 53.9. The number of esters is 4. The molecule has 94 heavy (non-hydrogen) atoms. The third kappa shape index (κ3) is 13.2. The minimum atomic E-state index is -2.39. The van der Waals surface area contributed by atoms with Gasteiger partial charge in [0, 0.05) is 68.7 Å². The van der Waals surface area contributed by atoms with Crippen molar-refractivity contribution in [3.63, 3.8) is 0 Å². The lowest BCUT2D eigenvalue weighted by Crippen LogP contribution is -2.82. The van der Waals surface area contributed by atoms with Gasteiger partial charge < -0.3 is 63.4 Å². The molecule has 3 aliphatic carbocycles. The fourth-order valence-corrected chi connectivity index (χ4v) is 14.4. The van der Waals surface area contributed by atoms with Crippen LogP contribution in [0.4, 0.5) is 0 Å². The average Bonchev–Trinajstić information content (AvgIpc) is 0.702. The number of fused-ring (bicyclic) bond motifs is 6. The van der Waals surface area contributed by atoms with Crippen molar-refractivity contribution in [2.75, 3.05) is 27.1 Å². The summed E-state index contributed by atoms with van der Waals surface area (Å²) in [4.78, 5) is 98.1. The molecule has 0 spiro atoms. The number of amides is 2. The van der Waals surface area contributed by atoms with Gasteiger partial charge in [-0.3, -0.25) is 24.0 Å². The first-order chi connectivity index (χ1) is 45.0. The van der Waals surface area contributed by atoms with Crippen LogP contribution in [0, 0.1) is 16.7 Å². The van der Waals surface area contributed by atoms with Crippen LogP contribution in [-0.4, -0.2) is 137 Å². The first-order valence-corrected chi connectivity index (χ1v) is 31.5. The first-order valence-electron chi connectivity index (χ1n) is 31.5. The minimum Gasteiger partial charge on any atom is -0.496 e. The van der Waals surface area contributed by atoms with Crippen molar-refractivity contribution < 1.29 is 86.8 Å². The molecule has 2 heterocycles. The number of aliphatic hydroxyl groups is 3. The molecule has 5 aliphatic rings. The number of ketones is 1. The molecule has 11 rings (SSSR count). The molecule has 1 saturated heterocycles. The van der Waals surface area contributed by atoms with E-state index in [2.05, 4.69) is 29.6 Å². The third-order valence-corrected chi connectivity index (χ3v) is 19.4.